The number of esters is 1. The summed E-state index contributed by atoms with van der Waals surface area (Å²) in [4.78, 5) is 11.8. The van der Waals surface area contributed by atoms with Crippen LogP contribution >= 0.6 is 0 Å². The van der Waals surface area contributed by atoms with Crippen molar-refractivity contribution in [3.8, 4) is 5.75 Å². The molecule has 0 amide bonds. The maximum atomic E-state index is 11.8. The third kappa shape index (κ3) is 4.71. The molecular formula is C17H26O5. The van der Waals surface area contributed by atoms with Crippen LogP contribution in [-0.4, -0.2) is 29.4 Å². The van der Waals surface area contributed by atoms with Crippen molar-refractivity contribution < 1.29 is 24.5 Å². The van der Waals surface area contributed by atoms with E-state index in [0.29, 0.717) is 23.3 Å². The molecule has 0 saturated heterocycles. The standard InChI is InChI=1S/C17H26O5/c1-5-17(3,4)16(20)22-7-6-21-15-13(10-18)8-12(2)9-14(15)11-19/h8-9,18-19H,5-7,10-11H2,1-4H3. The van der Waals surface area contributed by atoms with Crippen LogP contribution in [0.3, 0.4) is 0 Å². The van der Waals surface area contributed by atoms with Gasteiger partial charge in [-0.25, -0.2) is 0 Å². The molecule has 0 spiro atoms. The zero-order valence-corrected chi connectivity index (χ0v) is 13.8. The molecule has 0 aliphatic carbocycles. The van der Waals surface area contributed by atoms with Gasteiger partial charge in [-0.3, -0.25) is 4.79 Å². The van der Waals surface area contributed by atoms with E-state index in [1.165, 1.54) is 0 Å². The van der Waals surface area contributed by atoms with Crippen LogP contribution in [0, 0.1) is 12.3 Å². The molecule has 0 atom stereocenters. The van der Waals surface area contributed by atoms with Gasteiger partial charge in [0.1, 0.15) is 19.0 Å². The lowest BCUT2D eigenvalue weighted by molar-refractivity contribution is -0.154. The van der Waals surface area contributed by atoms with E-state index < -0.39 is 5.41 Å². The number of hydrogen-bond donors (Lipinski definition) is 2. The van der Waals surface area contributed by atoms with Crippen LogP contribution in [0.2, 0.25) is 0 Å². The first kappa shape index (κ1) is 18.5. The van der Waals surface area contributed by atoms with Gasteiger partial charge < -0.3 is 19.7 Å². The molecule has 5 nitrogen and oxygen atoms in total. The summed E-state index contributed by atoms with van der Waals surface area (Å²) in [5.41, 5.74) is 1.67. The van der Waals surface area contributed by atoms with Gasteiger partial charge in [-0.15, -0.1) is 0 Å². The Hall–Kier alpha value is -1.59. The Balaban J connectivity index is 2.64. The first-order valence-corrected chi connectivity index (χ1v) is 7.49. The molecule has 1 rings (SSSR count). The fourth-order valence-electron chi connectivity index (χ4n) is 1.97. The summed E-state index contributed by atoms with van der Waals surface area (Å²) in [5, 5.41) is 18.8. The Morgan fingerprint density at radius 3 is 2.14 bits per heavy atom. The van der Waals surface area contributed by atoms with Crippen molar-refractivity contribution in [3.05, 3.63) is 28.8 Å². The summed E-state index contributed by atoms with van der Waals surface area (Å²) in [6.45, 7) is 7.45. The molecule has 0 aliphatic rings. The number of hydrogen-bond acceptors (Lipinski definition) is 5. The highest BCUT2D eigenvalue weighted by Crippen LogP contribution is 2.26. The third-order valence-corrected chi connectivity index (χ3v) is 3.73. The number of aliphatic hydroxyl groups is 2. The number of carbonyl (C=O) groups is 1. The zero-order chi connectivity index (χ0) is 16.8. The Bertz CT molecular complexity index is 483. The van der Waals surface area contributed by atoms with E-state index in [9.17, 15) is 15.0 Å². The number of aliphatic hydroxyl groups excluding tert-OH is 2. The van der Waals surface area contributed by atoms with E-state index >= 15 is 0 Å². The maximum Gasteiger partial charge on any atom is 0.311 e. The quantitative estimate of drug-likeness (QED) is 0.569. The van der Waals surface area contributed by atoms with Gasteiger partial charge in [0.15, 0.2) is 0 Å². The molecule has 0 bridgehead atoms. The highest BCUT2D eigenvalue weighted by atomic mass is 16.6. The van der Waals surface area contributed by atoms with Gasteiger partial charge in [0.05, 0.1) is 18.6 Å². The fraction of sp³-hybridized carbons (Fsp3) is 0.588. The fourth-order valence-corrected chi connectivity index (χ4v) is 1.97. The molecule has 0 heterocycles. The van der Waals surface area contributed by atoms with Crippen molar-refractivity contribution >= 4 is 5.97 Å². The number of carbonyl (C=O) groups excluding carboxylic acids is 1. The summed E-state index contributed by atoms with van der Waals surface area (Å²) in [5.74, 6) is 0.202. The van der Waals surface area contributed by atoms with Crippen molar-refractivity contribution in [3.63, 3.8) is 0 Å². The third-order valence-electron chi connectivity index (χ3n) is 3.73. The Morgan fingerprint density at radius 2 is 1.68 bits per heavy atom. The predicted molar refractivity (Wildman–Crippen MR) is 83.6 cm³/mol. The normalized spacial score (nSPS) is 11.4. The highest BCUT2D eigenvalue weighted by molar-refractivity contribution is 5.75. The summed E-state index contributed by atoms with van der Waals surface area (Å²) in [6.07, 6.45) is 0.702. The molecule has 2 N–H and O–H groups in total. The Morgan fingerprint density at radius 1 is 1.14 bits per heavy atom. The molecule has 0 saturated carbocycles. The maximum absolute atomic E-state index is 11.8. The Labute approximate surface area is 131 Å². The van der Waals surface area contributed by atoms with E-state index in [2.05, 4.69) is 0 Å². The summed E-state index contributed by atoms with van der Waals surface area (Å²) >= 11 is 0. The van der Waals surface area contributed by atoms with Gasteiger partial charge in [0.25, 0.3) is 0 Å². The van der Waals surface area contributed by atoms with Crippen LogP contribution in [0.4, 0.5) is 0 Å². The van der Waals surface area contributed by atoms with Gasteiger partial charge in [-0.2, -0.15) is 0 Å². The van der Waals surface area contributed by atoms with Crippen LogP contribution in [0.15, 0.2) is 12.1 Å². The second kappa shape index (κ2) is 8.15. The Kier molecular flexibility index (Phi) is 6.84. The number of ether oxygens (including phenoxy) is 2. The van der Waals surface area contributed by atoms with Crippen LogP contribution in [-0.2, 0) is 22.7 Å². The average molecular weight is 310 g/mol. The molecule has 0 radical (unpaired) electrons. The predicted octanol–water partition coefficient (Wildman–Crippen LogP) is 2.34. The number of rotatable bonds is 8. The minimum atomic E-state index is -0.504. The van der Waals surface area contributed by atoms with E-state index in [1.807, 2.05) is 27.7 Å². The van der Waals surface area contributed by atoms with Crippen LogP contribution in [0.5, 0.6) is 5.75 Å². The van der Waals surface area contributed by atoms with E-state index in [0.717, 1.165) is 5.56 Å². The van der Waals surface area contributed by atoms with Crippen LogP contribution in [0.25, 0.3) is 0 Å². The number of benzene rings is 1. The second-order valence-electron chi connectivity index (χ2n) is 5.95. The zero-order valence-electron chi connectivity index (χ0n) is 13.8. The van der Waals surface area contributed by atoms with Gasteiger partial charge in [-0.1, -0.05) is 24.6 Å². The van der Waals surface area contributed by atoms with Gasteiger partial charge in [-0.05, 0) is 27.2 Å². The summed E-state index contributed by atoms with van der Waals surface area (Å²) < 4.78 is 10.8. The van der Waals surface area contributed by atoms with E-state index in [-0.39, 0.29) is 32.4 Å². The van der Waals surface area contributed by atoms with E-state index in [1.54, 1.807) is 12.1 Å². The van der Waals surface area contributed by atoms with Crippen LogP contribution < -0.4 is 4.74 Å². The van der Waals surface area contributed by atoms with Crippen molar-refractivity contribution in [2.24, 2.45) is 5.41 Å². The van der Waals surface area contributed by atoms with Gasteiger partial charge in [0.2, 0.25) is 0 Å². The number of aryl methyl sites for hydroxylation is 1. The first-order chi connectivity index (χ1) is 10.4. The lowest BCUT2D eigenvalue weighted by Crippen LogP contribution is -2.27. The molecule has 0 fully saturated rings. The topological polar surface area (TPSA) is 76.0 Å². The molecule has 0 unspecified atom stereocenters. The highest BCUT2D eigenvalue weighted by Gasteiger charge is 2.26. The minimum Gasteiger partial charge on any atom is -0.489 e. The molecule has 1 aromatic carbocycles. The van der Waals surface area contributed by atoms with Gasteiger partial charge in [0, 0.05) is 11.1 Å². The van der Waals surface area contributed by atoms with Crippen LogP contribution in [0.1, 0.15) is 43.9 Å². The molecule has 0 aromatic heterocycles. The second-order valence-corrected chi connectivity index (χ2v) is 5.95. The summed E-state index contributed by atoms with van der Waals surface area (Å²) in [6, 6.07) is 3.61. The molecule has 0 aliphatic heterocycles. The average Bonchev–Trinajstić information content (AvgIpc) is 2.51. The van der Waals surface area contributed by atoms with Gasteiger partial charge >= 0.3 is 5.97 Å². The SMILES string of the molecule is CCC(C)(C)C(=O)OCCOc1c(CO)cc(C)cc1CO. The molecule has 5 heteroatoms. The lowest BCUT2D eigenvalue weighted by Gasteiger charge is -2.20. The van der Waals surface area contributed by atoms with Crippen molar-refractivity contribution in [2.75, 3.05) is 13.2 Å². The lowest BCUT2D eigenvalue weighted by atomic mass is 9.91. The van der Waals surface area contributed by atoms with E-state index in [4.69, 9.17) is 9.47 Å². The van der Waals surface area contributed by atoms with Crippen molar-refractivity contribution in [1.82, 2.24) is 0 Å². The monoisotopic (exact) mass is 310 g/mol. The largest absolute Gasteiger partial charge is 0.489 e. The summed E-state index contributed by atoms with van der Waals surface area (Å²) in [7, 11) is 0. The molecular weight excluding hydrogens is 284 g/mol. The molecule has 1 aromatic rings. The minimum absolute atomic E-state index is 0.131. The van der Waals surface area contributed by atoms with Crippen molar-refractivity contribution in [2.45, 2.75) is 47.3 Å². The molecule has 22 heavy (non-hydrogen) atoms. The first-order valence-electron chi connectivity index (χ1n) is 7.49. The smallest absolute Gasteiger partial charge is 0.311 e. The molecule has 124 valence electrons. The van der Waals surface area contributed by atoms with Crippen molar-refractivity contribution in [1.29, 1.82) is 0 Å².